The molecule has 142 valence electrons. The maximum Gasteiger partial charge on any atom is 0.244 e. The van der Waals surface area contributed by atoms with Crippen LogP contribution in [0.5, 0.6) is 0 Å². The molecule has 0 radical (unpaired) electrons. The van der Waals surface area contributed by atoms with Gasteiger partial charge < -0.3 is 0 Å². The molecule has 2 saturated carbocycles. The molecular formula is C20H22FN3O2S. The number of hydrogen-bond donors (Lipinski definition) is 2. The van der Waals surface area contributed by atoms with Crippen LogP contribution in [-0.2, 0) is 16.0 Å². The minimum atomic E-state index is -0.299. The van der Waals surface area contributed by atoms with E-state index in [1.807, 2.05) is 0 Å². The number of carbonyl (C=O) groups excluding carboxylic acids is 2. The predicted molar refractivity (Wildman–Crippen MR) is 101 cm³/mol. The highest BCUT2D eigenvalue weighted by molar-refractivity contribution is 7.13. The van der Waals surface area contributed by atoms with Crippen molar-refractivity contribution in [3.05, 3.63) is 41.2 Å². The number of nitrogens with zero attached hydrogens (tertiary/aromatic N) is 1. The van der Waals surface area contributed by atoms with Gasteiger partial charge in [-0.1, -0.05) is 6.42 Å². The lowest BCUT2D eigenvalue weighted by molar-refractivity contribution is -0.129. The second-order valence-electron chi connectivity index (χ2n) is 7.56. The zero-order chi connectivity index (χ0) is 18.8. The minimum absolute atomic E-state index is 0.0894. The number of amides is 2. The van der Waals surface area contributed by atoms with Crippen LogP contribution in [0.15, 0.2) is 29.6 Å². The highest BCUT2D eigenvalue weighted by Crippen LogP contribution is 2.49. The Bertz CT molecular complexity index is 836. The molecule has 2 aliphatic carbocycles. The van der Waals surface area contributed by atoms with Gasteiger partial charge in [-0.05, 0) is 61.3 Å². The van der Waals surface area contributed by atoms with E-state index in [2.05, 4.69) is 15.8 Å². The Morgan fingerprint density at radius 1 is 1.11 bits per heavy atom. The summed E-state index contributed by atoms with van der Waals surface area (Å²) in [6.45, 7) is 0. The molecule has 0 saturated heterocycles. The van der Waals surface area contributed by atoms with Crippen molar-refractivity contribution >= 4 is 23.2 Å². The average Bonchev–Trinajstić information content (AvgIpc) is 3.38. The van der Waals surface area contributed by atoms with Gasteiger partial charge in [0.2, 0.25) is 11.8 Å². The molecule has 0 unspecified atom stereocenters. The molecule has 2 amide bonds. The molecule has 4 rings (SSSR count). The topological polar surface area (TPSA) is 71.1 Å². The number of rotatable bonds is 5. The van der Waals surface area contributed by atoms with Crippen LogP contribution < -0.4 is 10.9 Å². The number of benzene rings is 1. The van der Waals surface area contributed by atoms with Crippen LogP contribution in [0.2, 0.25) is 0 Å². The van der Waals surface area contributed by atoms with E-state index < -0.39 is 0 Å². The van der Waals surface area contributed by atoms with E-state index >= 15 is 0 Å². The fourth-order valence-electron chi connectivity index (χ4n) is 4.38. The van der Waals surface area contributed by atoms with E-state index in [-0.39, 0.29) is 24.1 Å². The molecular weight excluding hydrogens is 365 g/mol. The molecule has 3 atom stereocenters. The van der Waals surface area contributed by atoms with Gasteiger partial charge in [0, 0.05) is 17.4 Å². The van der Waals surface area contributed by atoms with Crippen molar-refractivity contribution in [2.45, 2.75) is 38.5 Å². The van der Waals surface area contributed by atoms with Gasteiger partial charge in [0.05, 0.1) is 12.1 Å². The van der Waals surface area contributed by atoms with E-state index in [1.165, 1.54) is 42.7 Å². The van der Waals surface area contributed by atoms with Crippen LogP contribution in [0, 0.1) is 23.6 Å². The summed E-state index contributed by atoms with van der Waals surface area (Å²) in [5.41, 5.74) is 6.45. The zero-order valence-electron chi connectivity index (χ0n) is 14.9. The first-order valence-electron chi connectivity index (χ1n) is 9.35. The quantitative estimate of drug-likeness (QED) is 0.772. The van der Waals surface area contributed by atoms with Crippen LogP contribution in [0.25, 0.3) is 10.6 Å². The fourth-order valence-corrected chi connectivity index (χ4v) is 5.20. The molecule has 0 aliphatic heterocycles. The van der Waals surface area contributed by atoms with Gasteiger partial charge in [-0.3, -0.25) is 20.4 Å². The summed E-state index contributed by atoms with van der Waals surface area (Å²) >= 11 is 1.40. The molecule has 7 heteroatoms. The van der Waals surface area contributed by atoms with Crippen molar-refractivity contribution in [1.82, 2.24) is 15.8 Å². The first kappa shape index (κ1) is 18.1. The second-order valence-corrected chi connectivity index (χ2v) is 8.42. The van der Waals surface area contributed by atoms with Gasteiger partial charge in [0.15, 0.2) is 0 Å². The van der Waals surface area contributed by atoms with E-state index in [9.17, 15) is 14.0 Å². The standard InChI is InChI=1S/C20H22FN3O2S/c21-16-5-3-13(4-6-16)20-22-17(11-27-20)10-19(26)24-23-18(25)9-15-8-12-1-2-14(15)7-12/h3-6,11-12,14-15H,1-2,7-10H2,(H,23,25)(H,24,26)/t12-,14-,15+/m1/s1. The van der Waals surface area contributed by atoms with Crippen molar-refractivity contribution in [2.75, 3.05) is 0 Å². The third kappa shape index (κ3) is 4.35. The Kier molecular flexibility index (Phi) is 5.20. The van der Waals surface area contributed by atoms with E-state index in [0.717, 1.165) is 22.9 Å². The third-order valence-corrected chi connectivity index (χ3v) is 6.60. The summed E-state index contributed by atoms with van der Waals surface area (Å²) in [7, 11) is 0. The lowest BCUT2D eigenvalue weighted by Crippen LogP contribution is -2.43. The normalized spacial score (nSPS) is 23.4. The van der Waals surface area contributed by atoms with Gasteiger partial charge in [-0.2, -0.15) is 0 Å². The van der Waals surface area contributed by atoms with Gasteiger partial charge in [0.25, 0.3) is 0 Å². The number of fused-ring (bicyclic) bond motifs is 2. The molecule has 1 aromatic heterocycles. The lowest BCUT2D eigenvalue weighted by Gasteiger charge is -2.20. The number of carbonyl (C=O) groups is 2. The monoisotopic (exact) mass is 387 g/mol. The maximum absolute atomic E-state index is 13.0. The van der Waals surface area contributed by atoms with Crippen LogP contribution in [0.3, 0.4) is 0 Å². The molecule has 2 aliphatic rings. The first-order valence-corrected chi connectivity index (χ1v) is 10.2. The Balaban J connectivity index is 1.23. The molecule has 0 spiro atoms. The number of hydrogen-bond acceptors (Lipinski definition) is 4. The zero-order valence-corrected chi connectivity index (χ0v) is 15.7. The summed E-state index contributed by atoms with van der Waals surface area (Å²) in [6, 6.07) is 6.09. The summed E-state index contributed by atoms with van der Waals surface area (Å²) < 4.78 is 13.0. The average molecular weight is 387 g/mol. The molecule has 1 aromatic carbocycles. The van der Waals surface area contributed by atoms with Crippen molar-refractivity contribution in [3.63, 3.8) is 0 Å². The largest absolute Gasteiger partial charge is 0.273 e. The highest BCUT2D eigenvalue weighted by Gasteiger charge is 2.40. The van der Waals surface area contributed by atoms with Crippen LogP contribution >= 0.6 is 11.3 Å². The van der Waals surface area contributed by atoms with Crippen molar-refractivity contribution in [2.24, 2.45) is 17.8 Å². The lowest BCUT2D eigenvalue weighted by atomic mass is 9.86. The third-order valence-electron chi connectivity index (χ3n) is 5.66. The summed E-state index contributed by atoms with van der Waals surface area (Å²) in [5.74, 6) is 1.26. The second kappa shape index (κ2) is 7.76. The number of hydrazine groups is 1. The Labute approximate surface area is 161 Å². The van der Waals surface area contributed by atoms with Crippen molar-refractivity contribution < 1.29 is 14.0 Å². The van der Waals surface area contributed by atoms with Gasteiger partial charge in [-0.15, -0.1) is 11.3 Å². The predicted octanol–water partition coefficient (Wildman–Crippen LogP) is 3.47. The van der Waals surface area contributed by atoms with Crippen LogP contribution in [0.4, 0.5) is 4.39 Å². The Morgan fingerprint density at radius 3 is 2.59 bits per heavy atom. The number of halogens is 1. The maximum atomic E-state index is 13.0. The molecule has 2 bridgehead atoms. The Morgan fingerprint density at radius 2 is 1.89 bits per heavy atom. The highest BCUT2D eigenvalue weighted by atomic mass is 32.1. The molecule has 2 fully saturated rings. The first-order chi connectivity index (χ1) is 13.1. The van der Waals surface area contributed by atoms with E-state index in [0.29, 0.717) is 24.0 Å². The van der Waals surface area contributed by atoms with Crippen molar-refractivity contribution in [1.29, 1.82) is 0 Å². The van der Waals surface area contributed by atoms with Gasteiger partial charge in [0.1, 0.15) is 10.8 Å². The SMILES string of the molecule is O=C(Cc1csc(-c2ccc(F)cc2)n1)NNC(=O)C[C@@H]1C[C@@H]2CC[C@@H]1C2. The molecule has 27 heavy (non-hydrogen) atoms. The summed E-state index contributed by atoms with van der Waals surface area (Å²) in [6.07, 6.45) is 5.56. The number of nitrogens with one attached hydrogen (secondary N) is 2. The summed E-state index contributed by atoms with van der Waals surface area (Å²) in [5, 5.41) is 2.54. The molecule has 1 heterocycles. The molecule has 5 nitrogen and oxygen atoms in total. The number of thiazole rings is 1. The van der Waals surface area contributed by atoms with Crippen molar-refractivity contribution in [3.8, 4) is 10.6 Å². The Hall–Kier alpha value is -2.28. The molecule has 2 aromatic rings. The van der Waals surface area contributed by atoms with Crippen LogP contribution in [-0.4, -0.2) is 16.8 Å². The van der Waals surface area contributed by atoms with E-state index in [1.54, 1.807) is 17.5 Å². The minimum Gasteiger partial charge on any atom is -0.273 e. The fraction of sp³-hybridized carbons (Fsp3) is 0.450. The van der Waals surface area contributed by atoms with E-state index in [4.69, 9.17) is 0 Å². The van der Waals surface area contributed by atoms with Gasteiger partial charge >= 0.3 is 0 Å². The molecule has 2 N–H and O–H groups in total. The number of aromatic nitrogens is 1. The van der Waals surface area contributed by atoms with Crippen LogP contribution in [0.1, 0.15) is 37.8 Å². The van der Waals surface area contributed by atoms with Gasteiger partial charge in [-0.25, -0.2) is 9.37 Å². The summed E-state index contributed by atoms with van der Waals surface area (Å²) in [4.78, 5) is 28.5. The smallest absolute Gasteiger partial charge is 0.244 e.